The zero-order chi connectivity index (χ0) is 16.0. The second kappa shape index (κ2) is 8.10. The Hall–Kier alpha value is -0.660. The monoisotopic (exact) mass is 319 g/mol. The molecule has 0 radical (unpaired) electrons. The number of nitrogens with two attached hydrogens (primary N) is 1. The lowest BCUT2D eigenvalue weighted by Gasteiger charge is -2.33. The van der Waals surface area contributed by atoms with Gasteiger partial charge in [-0.1, -0.05) is 13.8 Å². The van der Waals surface area contributed by atoms with Crippen LogP contribution in [0.2, 0.25) is 0 Å². The van der Waals surface area contributed by atoms with Crippen LogP contribution in [0.5, 0.6) is 0 Å². The maximum atomic E-state index is 12.3. The molecule has 1 unspecified atom stereocenters. The fourth-order valence-corrected chi connectivity index (χ4v) is 3.70. The lowest BCUT2D eigenvalue weighted by Crippen LogP contribution is -2.46. The highest BCUT2D eigenvalue weighted by Crippen LogP contribution is 2.18. The van der Waals surface area contributed by atoms with Crippen LogP contribution in [-0.2, 0) is 14.8 Å². The van der Waals surface area contributed by atoms with Crippen molar-refractivity contribution in [2.45, 2.75) is 45.6 Å². The Balaban J connectivity index is 2.41. The SMILES string of the molecule is CC(C)CC(CN)CC(=O)N1CCC(NS(C)(=O)=O)CC1. The minimum absolute atomic E-state index is 0.0509. The van der Waals surface area contributed by atoms with Crippen LogP contribution in [0.1, 0.15) is 39.5 Å². The minimum atomic E-state index is -3.17. The summed E-state index contributed by atoms with van der Waals surface area (Å²) >= 11 is 0. The molecule has 1 fully saturated rings. The molecule has 1 rings (SSSR count). The number of nitrogens with one attached hydrogen (secondary N) is 1. The van der Waals surface area contributed by atoms with Crippen molar-refractivity contribution in [2.24, 2.45) is 17.6 Å². The van der Waals surface area contributed by atoms with Crippen molar-refractivity contribution in [3.05, 3.63) is 0 Å². The summed E-state index contributed by atoms with van der Waals surface area (Å²) in [4.78, 5) is 14.1. The lowest BCUT2D eigenvalue weighted by atomic mass is 9.93. The van der Waals surface area contributed by atoms with E-state index in [4.69, 9.17) is 5.73 Å². The molecule has 21 heavy (non-hydrogen) atoms. The van der Waals surface area contributed by atoms with Gasteiger partial charge in [0.1, 0.15) is 0 Å². The van der Waals surface area contributed by atoms with Gasteiger partial charge in [-0.05, 0) is 37.6 Å². The van der Waals surface area contributed by atoms with Gasteiger partial charge < -0.3 is 10.6 Å². The van der Waals surface area contributed by atoms with Gasteiger partial charge in [0.05, 0.1) is 6.26 Å². The van der Waals surface area contributed by atoms with Gasteiger partial charge in [-0.25, -0.2) is 13.1 Å². The van der Waals surface area contributed by atoms with E-state index < -0.39 is 10.0 Å². The van der Waals surface area contributed by atoms with Crippen LogP contribution < -0.4 is 10.5 Å². The first-order valence-corrected chi connectivity index (χ1v) is 9.55. The molecule has 0 aromatic heterocycles. The molecule has 1 aliphatic heterocycles. The van der Waals surface area contributed by atoms with E-state index in [1.807, 2.05) is 4.90 Å². The predicted octanol–water partition coefficient (Wildman–Crippen LogP) is 0.538. The number of rotatable bonds is 7. The normalized spacial score (nSPS) is 19.0. The molecular weight excluding hydrogens is 290 g/mol. The number of piperidine rings is 1. The molecule has 0 aromatic carbocycles. The van der Waals surface area contributed by atoms with Gasteiger partial charge in [-0.3, -0.25) is 4.79 Å². The molecule has 1 saturated heterocycles. The maximum absolute atomic E-state index is 12.3. The van der Waals surface area contributed by atoms with Crippen LogP contribution in [0.3, 0.4) is 0 Å². The van der Waals surface area contributed by atoms with Gasteiger partial charge in [0.25, 0.3) is 0 Å². The van der Waals surface area contributed by atoms with E-state index in [9.17, 15) is 13.2 Å². The van der Waals surface area contributed by atoms with Crippen molar-refractivity contribution in [3.63, 3.8) is 0 Å². The number of hydrogen-bond acceptors (Lipinski definition) is 4. The fourth-order valence-electron chi connectivity index (χ4n) is 2.86. The zero-order valence-corrected chi connectivity index (χ0v) is 14.2. The molecule has 0 bridgehead atoms. The van der Waals surface area contributed by atoms with Crippen LogP contribution in [0, 0.1) is 11.8 Å². The molecule has 0 saturated carbocycles. The summed E-state index contributed by atoms with van der Waals surface area (Å²) in [6.07, 6.45) is 3.99. The Morgan fingerprint density at radius 3 is 2.33 bits per heavy atom. The number of carbonyl (C=O) groups is 1. The standard InChI is InChI=1S/C14H29N3O3S/c1-11(2)8-12(10-15)9-14(18)17-6-4-13(5-7-17)16-21(3,19)20/h11-13,16H,4-10,15H2,1-3H3. The van der Waals surface area contributed by atoms with Crippen LogP contribution in [-0.4, -0.2) is 51.2 Å². The Kier molecular flexibility index (Phi) is 7.09. The van der Waals surface area contributed by atoms with Gasteiger partial charge in [-0.15, -0.1) is 0 Å². The molecule has 0 spiro atoms. The Labute approximate surface area is 128 Å². The third kappa shape index (κ3) is 7.24. The second-order valence-electron chi connectivity index (χ2n) is 6.48. The maximum Gasteiger partial charge on any atom is 0.222 e. The van der Waals surface area contributed by atoms with E-state index in [2.05, 4.69) is 18.6 Å². The van der Waals surface area contributed by atoms with E-state index in [0.29, 0.717) is 44.8 Å². The summed E-state index contributed by atoms with van der Waals surface area (Å²) in [7, 11) is -3.17. The zero-order valence-electron chi connectivity index (χ0n) is 13.3. The fraction of sp³-hybridized carbons (Fsp3) is 0.929. The summed E-state index contributed by atoms with van der Waals surface area (Å²) < 4.78 is 25.0. The molecule has 1 amide bonds. The number of nitrogens with zero attached hydrogens (tertiary/aromatic N) is 1. The largest absolute Gasteiger partial charge is 0.343 e. The average molecular weight is 319 g/mol. The highest BCUT2D eigenvalue weighted by molar-refractivity contribution is 7.88. The van der Waals surface area contributed by atoms with Gasteiger partial charge in [0, 0.05) is 25.6 Å². The Morgan fingerprint density at radius 2 is 1.90 bits per heavy atom. The summed E-state index contributed by atoms with van der Waals surface area (Å²) in [6, 6.07) is -0.0509. The van der Waals surface area contributed by atoms with Gasteiger partial charge >= 0.3 is 0 Å². The summed E-state index contributed by atoms with van der Waals surface area (Å²) in [6.45, 7) is 6.04. The molecule has 1 heterocycles. The quantitative estimate of drug-likeness (QED) is 0.716. The number of sulfonamides is 1. The second-order valence-corrected chi connectivity index (χ2v) is 8.26. The molecule has 6 nitrogen and oxygen atoms in total. The highest BCUT2D eigenvalue weighted by Gasteiger charge is 2.25. The first kappa shape index (κ1) is 18.4. The van der Waals surface area contributed by atoms with Crippen LogP contribution in [0.25, 0.3) is 0 Å². The van der Waals surface area contributed by atoms with Crippen molar-refractivity contribution in [3.8, 4) is 0 Å². The summed E-state index contributed by atoms with van der Waals surface area (Å²) in [5.41, 5.74) is 5.74. The van der Waals surface area contributed by atoms with E-state index in [0.717, 1.165) is 6.42 Å². The molecule has 1 aliphatic rings. The molecule has 0 aromatic rings. The molecule has 7 heteroatoms. The van der Waals surface area contributed by atoms with Crippen LogP contribution in [0.4, 0.5) is 0 Å². The number of likely N-dealkylation sites (tertiary alicyclic amines) is 1. The third-order valence-corrected chi connectivity index (χ3v) is 4.59. The summed E-state index contributed by atoms with van der Waals surface area (Å²) in [5, 5.41) is 0. The van der Waals surface area contributed by atoms with E-state index >= 15 is 0 Å². The van der Waals surface area contributed by atoms with E-state index in [1.165, 1.54) is 6.26 Å². The molecular formula is C14H29N3O3S. The van der Waals surface area contributed by atoms with Crippen molar-refractivity contribution in [1.82, 2.24) is 9.62 Å². The smallest absolute Gasteiger partial charge is 0.222 e. The van der Waals surface area contributed by atoms with E-state index in [-0.39, 0.29) is 17.9 Å². The first-order chi connectivity index (χ1) is 9.71. The average Bonchev–Trinajstić information content (AvgIpc) is 2.36. The molecule has 124 valence electrons. The molecule has 0 aliphatic carbocycles. The number of hydrogen-bond donors (Lipinski definition) is 2. The van der Waals surface area contributed by atoms with Gasteiger partial charge in [0.15, 0.2) is 0 Å². The minimum Gasteiger partial charge on any atom is -0.343 e. The predicted molar refractivity (Wildman–Crippen MR) is 84.2 cm³/mol. The van der Waals surface area contributed by atoms with Gasteiger partial charge in [0.2, 0.25) is 15.9 Å². The first-order valence-electron chi connectivity index (χ1n) is 7.66. The van der Waals surface area contributed by atoms with Crippen molar-refractivity contribution in [2.75, 3.05) is 25.9 Å². The number of amides is 1. The lowest BCUT2D eigenvalue weighted by molar-refractivity contribution is -0.133. The highest BCUT2D eigenvalue weighted by atomic mass is 32.2. The number of carbonyl (C=O) groups excluding carboxylic acids is 1. The van der Waals surface area contributed by atoms with Gasteiger partial charge in [-0.2, -0.15) is 0 Å². The van der Waals surface area contributed by atoms with Crippen molar-refractivity contribution in [1.29, 1.82) is 0 Å². The van der Waals surface area contributed by atoms with Crippen molar-refractivity contribution < 1.29 is 13.2 Å². The van der Waals surface area contributed by atoms with Crippen LogP contribution >= 0.6 is 0 Å². The molecule has 1 atom stereocenters. The van der Waals surface area contributed by atoms with Crippen LogP contribution in [0.15, 0.2) is 0 Å². The van der Waals surface area contributed by atoms with Crippen molar-refractivity contribution >= 4 is 15.9 Å². The third-order valence-electron chi connectivity index (χ3n) is 3.83. The molecule has 3 N–H and O–H groups in total. The summed E-state index contributed by atoms with van der Waals surface area (Å²) in [5.74, 6) is 0.921. The Morgan fingerprint density at radius 1 is 1.33 bits per heavy atom. The van der Waals surface area contributed by atoms with E-state index in [1.54, 1.807) is 0 Å². The Bertz CT molecular complexity index is 429. The topological polar surface area (TPSA) is 92.5 Å².